The molecule has 30 heavy (non-hydrogen) atoms. The minimum Gasteiger partial charge on any atom is -0.373 e. The molecular formula is C22H29N6OS+. The predicted octanol–water partition coefficient (Wildman–Crippen LogP) is 3.51. The maximum absolute atomic E-state index is 5.60. The molecule has 2 N–H and O–H groups in total. The lowest BCUT2D eigenvalue weighted by molar-refractivity contribution is -0.328. The number of nitrogens with zero attached hydrogens (tertiary/aromatic N) is 4. The number of thiophene rings is 1. The van der Waals surface area contributed by atoms with Crippen molar-refractivity contribution in [1.29, 1.82) is 0 Å². The van der Waals surface area contributed by atoms with E-state index in [9.17, 15) is 0 Å². The maximum Gasteiger partial charge on any atom is 0.279 e. The molecule has 0 spiro atoms. The molecule has 0 amide bonds. The zero-order valence-corrected chi connectivity index (χ0v) is 18.2. The molecule has 0 bridgehead atoms. The molecule has 3 aliphatic rings. The topological polar surface area (TPSA) is 77.3 Å². The summed E-state index contributed by atoms with van der Waals surface area (Å²) < 4.78 is 6.75. The van der Waals surface area contributed by atoms with Crippen LogP contribution >= 0.6 is 11.3 Å². The van der Waals surface area contributed by atoms with E-state index in [0.29, 0.717) is 6.04 Å². The number of fused-ring (bicyclic) bond motifs is 5. The van der Waals surface area contributed by atoms with Crippen LogP contribution in [0.1, 0.15) is 56.1 Å². The number of morpholine rings is 1. The summed E-state index contributed by atoms with van der Waals surface area (Å²) in [6.07, 6.45) is 11.2. The second-order valence-corrected chi connectivity index (χ2v) is 9.86. The highest BCUT2D eigenvalue weighted by Crippen LogP contribution is 2.41. The van der Waals surface area contributed by atoms with Crippen molar-refractivity contribution in [3.05, 3.63) is 11.1 Å². The van der Waals surface area contributed by atoms with Gasteiger partial charge in [-0.2, -0.15) is 0 Å². The molecule has 0 aromatic carbocycles. The van der Waals surface area contributed by atoms with Gasteiger partial charge in [-0.25, -0.2) is 4.98 Å². The molecule has 3 aromatic heterocycles. The van der Waals surface area contributed by atoms with E-state index < -0.39 is 0 Å². The molecule has 1 saturated heterocycles. The number of aromatic nitrogens is 4. The fourth-order valence-electron chi connectivity index (χ4n) is 5.42. The SMILES string of the molecule is C1CCC(Nc2nnnc3c2sc2[nH+]c(N4CCOCC4)c4c(c23)CCCC4)CC1. The van der Waals surface area contributed by atoms with Crippen LogP contribution in [0.2, 0.25) is 0 Å². The Balaban J connectivity index is 1.49. The zero-order chi connectivity index (χ0) is 19.9. The lowest BCUT2D eigenvalue weighted by Gasteiger charge is -2.25. The molecule has 1 saturated carbocycles. The van der Waals surface area contributed by atoms with Crippen LogP contribution in [0, 0.1) is 0 Å². The molecule has 0 unspecified atom stereocenters. The highest BCUT2D eigenvalue weighted by Gasteiger charge is 2.31. The standard InChI is InChI=1S/C22H28N6OS/c1-2-6-14(7-3-1)23-20-19-18(25-27-26-20)17-15-8-4-5-9-16(15)21(24-22(17)30-19)28-10-12-29-13-11-28/h14H,1-13H2,(H,23,25,26)/p+1. The van der Waals surface area contributed by atoms with Crippen molar-refractivity contribution in [2.24, 2.45) is 0 Å². The van der Waals surface area contributed by atoms with Crippen LogP contribution in [0.25, 0.3) is 20.4 Å². The van der Waals surface area contributed by atoms with Gasteiger partial charge in [0, 0.05) is 11.6 Å². The summed E-state index contributed by atoms with van der Waals surface area (Å²) in [5.74, 6) is 2.22. The largest absolute Gasteiger partial charge is 0.373 e. The van der Waals surface area contributed by atoms with Gasteiger partial charge in [0.25, 0.3) is 5.82 Å². The van der Waals surface area contributed by atoms with Gasteiger partial charge in [-0.15, -0.1) is 10.2 Å². The summed E-state index contributed by atoms with van der Waals surface area (Å²) in [6.45, 7) is 3.51. The quantitative estimate of drug-likeness (QED) is 0.692. The van der Waals surface area contributed by atoms with Crippen LogP contribution in [0.5, 0.6) is 0 Å². The van der Waals surface area contributed by atoms with Gasteiger partial charge < -0.3 is 10.1 Å². The number of ether oxygens (including phenoxy) is 1. The van der Waals surface area contributed by atoms with E-state index in [1.54, 1.807) is 11.3 Å². The number of H-pyrrole nitrogens is 1. The summed E-state index contributed by atoms with van der Waals surface area (Å²) >= 11 is 1.79. The van der Waals surface area contributed by atoms with Crippen LogP contribution in [0.4, 0.5) is 11.6 Å². The molecule has 0 atom stereocenters. The maximum atomic E-state index is 5.60. The Morgan fingerprint density at radius 3 is 2.60 bits per heavy atom. The molecule has 3 aromatic rings. The van der Waals surface area contributed by atoms with E-state index in [-0.39, 0.29) is 0 Å². The van der Waals surface area contributed by atoms with E-state index >= 15 is 0 Å². The second-order valence-electron chi connectivity index (χ2n) is 8.84. The highest BCUT2D eigenvalue weighted by atomic mass is 32.1. The van der Waals surface area contributed by atoms with Crippen molar-refractivity contribution in [2.45, 2.75) is 63.8 Å². The molecule has 8 heteroatoms. The number of nitrogens with one attached hydrogen (secondary N) is 2. The summed E-state index contributed by atoms with van der Waals surface area (Å²) in [5, 5.41) is 18.1. The van der Waals surface area contributed by atoms with E-state index in [1.165, 1.54) is 72.1 Å². The van der Waals surface area contributed by atoms with Crippen LogP contribution in [-0.2, 0) is 17.6 Å². The Bertz CT molecular complexity index is 1070. The van der Waals surface area contributed by atoms with Gasteiger partial charge in [-0.05, 0) is 49.3 Å². The van der Waals surface area contributed by atoms with Crippen molar-refractivity contribution in [3.63, 3.8) is 0 Å². The van der Waals surface area contributed by atoms with Gasteiger partial charge >= 0.3 is 0 Å². The molecule has 7 nitrogen and oxygen atoms in total. The van der Waals surface area contributed by atoms with E-state index in [4.69, 9.17) is 4.74 Å². The number of aryl methyl sites for hydroxylation is 1. The van der Waals surface area contributed by atoms with Crippen LogP contribution in [0.15, 0.2) is 0 Å². The summed E-state index contributed by atoms with van der Waals surface area (Å²) in [4.78, 5) is 7.49. The second kappa shape index (κ2) is 7.89. The molecule has 2 aliphatic carbocycles. The lowest BCUT2D eigenvalue weighted by atomic mass is 9.90. The molecule has 158 valence electrons. The number of hydrogen-bond donors (Lipinski definition) is 1. The van der Waals surface area contributed by atoms with Crippen molar-refractivity contribution >= 4 is 43.4 Å². The third-order valence-corrected chi connectivity index (χ3v) is 8.05. The predicted molar refractivity (Wildman–Crippen MR) is 119 cm³/mol. The van der Waals surface area contributed by atoms with Crippen molar-refractivity contribution < 1.29 is 9.72 Å². The van der Waals surface area contributed by atoms with E-state index in [1.807, 2.05) is 0 Å². The first-order valence-electron chi connectivity index (χ1n) is 11.5. The number of aromatic amines is 1. The van der Waals surface area contributed by atoms with E-state index in [0.717, 1.165) is 55.2 Å². The van der Waals surface area contributed by atoms with Crippen molar-refractivity contribution in [1.82, 2.24) is 15.4 Å². The average Bonchev–Trinajstić information content (AvgIpc) is 3.20. The van der Waals surface area contributed by atoms with Crippen LogP contribution < -0.4 is 15.2 Å². The Labute approximate surface area is 180 Å². The number of hydrogen-bond acceptors (Lipinski definition) is 7. The minimum atomic E-state index is 0.505. The van der Waals surface area contributed by atoms with Gasteiger partial charge in [-0.1, -0.05) is 30.6 Å². The van der Waals surface area contributed by atoms with Gasteiger partial charge in [-0.3, -0.25) is 4.90 Å². The van der Waals surface area contributed by atoms with Gasteiger partial charge in [0.2, 0.25) is 0 Å². The zero-order valence-electron chi connectivity index (χ0n) is 17.4. The molecule has 0 radical (unpaired) electrons. The minimum absolute atomic E-state index is 0.505. The summed E-state index contributed by atoms with van der Waals surface area (Å²) in [7, 11) is 0. The first-order chi connectivity index (χ1) is 14.9. The average molecular weight is 426 g/mol. The van der Waals surface area contributed by atoms with Gasteiger partial charge in [0.15, 0.2) is 10.6 Å². The normalized spacial score (nSPS) is 20.6. The Hall–Kier alpha value is -2.06. The number of anilines is 2. The van der Waals surface area contributed by atoms with Crippen molar-refractivity contribution in [3.8, 4) is 0 Å². The molecule has 4 heterocycles. The number of pyridine rings is 1. The van der Waals surface area contributed by atoms with Crippen LogP contribution in [-0.4, -0.2) is 47.8 Å². The lowest BCUT2D eigenvalue weighted by Crippen LogP contribution is -2.40. The number of rotatable bonds is 3. The molecule has 6 rings (SSSR count). The first-order valence-corrected chi connectivity index (χ1v) is 12.3. The Kier molecular flexibility index (Phi) is 4.91. The molecule has 2 fully saturated rings. The third kappa shape index (κ3) is 3.21. The van der Waals surface area contributed by atoms with Crippen molar-refractivity contribution in [2.75, 3.05) is 36.5 Å². The molecular weight excluding hydrogens is 396 g/mol. The molecule has 1 aliphatic heterocycles. The Morgan fingerprint density at radius 2 is 1.77 bits per heavy atom. The van der Waals surface area contributed by atoms with E-state index in [2.05, 4.69) is 30.6 Å². The van der Waals surface area contributed by atoms with Crippen LogP contribution in [0.3, 0.4) is 0 Å². The summed E-state index contributed by atoms with van der Waals surface area (Å²) in [5.41, 5.74) is 3.98. The Morgan fingerprint density at radius 1 is 0.967 bits per heavy atom. The summed E-state index contributed by atoms with van der Waals surface area (Å²) in [6, 6.07) is 0.505. The first kappa shape index (κ1) is 18.7. The monoisotopic (exact) mass is 425 g/mol. The third-order valence-electron chi connectivity index (χ3n) is 6.95. The fourth-order valence-corrected chi connectivity index (χ4v) is 6.53. The fraction of sp³-hybridized carbons (Fsp3) is 0.636. The van der Waals surface area contributed by atoms with Gasteiger partial charge in [0.05, 0.1) is 18.6 Å². The smallest absolute Gasteiger partial charge is 0.279 e. The highest BCUT2D eigenvalue weighted by molar-refractivity contribution is 7.25. The van der Waals surface area contributed by atoms with Gasteiger partial charge in [0.1, 0.15) is 23.3 Å².